The predicted molar refractivity (Wildman–Crippen MR) is 66.8 cm³/mol. The number of rotatable bonds is 5. The summed E-state index contributed by atoms with van der Waals surface area (Å²) in [6.07, 6.45) is 1.55. The maximum Gasteiger partial charge on any atom is 0.241 e. The maximum atomic E-state index is 11.7. The smallest absolute Gasteiger partial charge is 0.241 e. The van der Waals surface area contributed by atoms with Gasteiger partial charge in [0, 0.05) is 6.07 Å². The SMILES string of the molecule is CCOc1ccc(NC(=O)C(N)C(C)C)cn1. The Morgan fingerprint density at radius 2 is 2.24 bits per heavy atom. The van der Waals surface area contributed by atoms with E-state index < -0.39 is 6.04 Å². The third-order valence-corrected chi connectivity index (χ3v) is 2.32. The van der Waals surface area contributed by atoms with E-state index in [9.17, 15) is 4.79 Å². The van der Waals surface area contributed by atoms with Crippen LogP contribution in [0.15, 0.2) is 18.3 Å². The average Bonchev–Trinajstić information content (AvgIpc) is 2.30. The zero-order valence-corrected chi connectivity index (χ0v) is 10.4. The Morgan fingerprint density at radius 1 is 1.53 bits per heavy atom. The Bertz CT molecular complexity index is 363. The van der Waals surface area contributed by atoms with Crippen LogP contribution >= 0.6 is 0 Å². The van der Waals surface area contributed by atoms with Crippen molar-refractivity contribution in [2.75, 3.05) is 11.9 Å². The lowest BCUT2D eigenvalue weighted by atomic mass is 10.1. The van der Waals surface area contributed by atoms with E-state index in [0.717, 1.165) is 0 Å². The number of hydrogen-bond donors (Lipinski definition) is 2. The summed E-state index contributed by atoms with van der Waals surface area (Å²) in [6.45, 7) is 6.26. The lowest BCUT2D eigenvalue weighted by molar-refractivity contribution is -0.118. The lowest BCUT2D eigenvalue weighted by Crippen LogP contribution is -2.39. The van der Waals surface area contributed by atoms with Gasteiger partial charge in [0.25, 0.3) is 0 Å². The van der Waals surface area contributed by atoms with Gasteiger partial charge in [-0.1, -0.05) is 13.8 Å². The number of nitrogens with one attached hydrogen (secondary N) is 1. The van der Waals surface area contributed by atoms with Gasteiger partial charge in [-0.15, -0.1) is 0 Å². The van der Waals surface area contributed by atoms with Crippen LogP contribution in [0.3, 0.4) is 0 Å². The van der Waals surface area contributed by atoms with E-state index in [-0.39, 0.29) is 11.8 Å². The molecule has 0 radical (unpaired) electrons. The van der Waals surface area contributed by atoms with Crippen LogP contribution in [0.1, 0.15) is 20.8 Å². The van der Waals surface area contributed by atoms with Gasteiger partial charge >= 0.3 is 0 Å². The van der Waals surface area contributed by atoms with E-state index in [2.05, 4.69) is 10.3 Å². The van der Waals surface area contributed by atoms with Crippen LogP contribution in [-0.2, 0) is 4.79 Å². The summed E-state index contributed by atoms with van der Waals surface area (Å²) in [5, 5.41) is 2.71. The minimum atomic E-state index is -0.512. The quantitative estimate of drug-likeness (QED) is 0.811. The van der Waals surface area contributed by atoms with Crippen LogP contribution in [0.5, 0.6) is 5.88 Å². The zero-order valence-electron chi connectivity index (χ0n) is 10.4. The summed E-state index contributed by atoms with van der Waals surface area (Å²) in [7, 11) is 0. The summed E-state index contributed by atoms with van der Waals surface area (Å²) in [5.41, 5.74) is 6.35. The third-order valence-electron chi connectivity index (χ3n) is 2.32. The van der Waals surface area contributed by atoms with Gasteiger partial charge in [-0.3, -0.25) is 4.79 Å². The van der Waals surface area contributed by atoms with Gasteiger partial charge in [0.1, 0.15) is 0 Å². The van der Waals surface area contributed by atoms with Gasteiger partial charge < -0.3 is 15.8 Å². The fraction of sp³-hybridized carbons (Fsp3) is 0.500. The topological polar surface area (TPSA) is 77.2 Å². The second-order valence-electron chi connectivity index (χ2n) is 4.08. The predicted octanol–water partition coefficient (Wildman–Crippen LogP) is 1.40. The van der Waals surface area contributed by atoms with E-state index in [1.54, 1.807) is 18.3 Å². The van der Waals surface area contributed by atoms with E-state index >= 15 is 0 Å². The molecule has 94 valence electrons. The summed E-state index contributed by atoms with van der Waals surface area (Å²) in [4.78, 5) is 15.7. The second kappa shape index (κ2) is 6.20. The number of amides is 1. The Hall–Kier alpha value is -1.62. The number of anilines is 1. The lowest BCUT2D eigenvalue weighted by Gasteiger charge is -2.15. The Morgan fingerprint density at radius 3 is 2.71 bits per heavy atom. The zero-order chi connectivity index (χ0) is 12.8. The van der Waals surface area contributed by atoms with Crippen molar-refractivity contribution < 1.29 is 9.53 Å². The van der Waals surface area contributed by atoms with Crippen molar-refractivity contribution in [1.82, 2.24) is 4.98 Å². The third kappa shape index (κ3) is 4.03. The van der Waals surface area contributed by atoms with Crippen molar-refractivity contribution in [3.63, 3.8) is 0 Å². The molecule has 1 amide bonds. The maximum absolute atomic E-state index is 11.7. The molecule has 1 aromatic rings. The molecular formula is C12H19N3O2. The molecule has 0 bridgehead atoms. The number of nitrogens with two attached hydrogens (primary N) is 1. The monoisotopic (exact) mass is 237 g/mol. The molecule has 5 nitrogen and oxygen atoms in total. The number of carbonyl (C=O) groups is 1. The van der Waals surface area contributed by atoms with Crippen molar-refractivity contribution >= 4 is 11.6 Å². The Labute approximate surface area is 101 Å². The Kier molecular flexibility index (Phi) is 4.90. The highest BCUT2D eigenvalue weighted by atomic mass is 16.5. The van der Waals surface area contributed by atoms with Gasteiger partial charge in [-0.25, -0.2) is 4.98 Å². The minimum Gasteiger partial charge on any atom is -0.478 e. The standard InChI is InChI=1S/C12H19N3O2/c1-4-17-10-6-5-9(7-14-10)15-12(16)11(13)8(2)3/h5-8,11H,4,13H2,1-3H3,(H,15,16). The van der Waals surface area contributed by atoms with E-state index in [0.29, 0.717) is 18.2 Å². The van der Waals surface area contributed by atoms with Gasteiger partial charge in [-0.2, -0.15) is 0 Å². The van der Waals surface area contributed by atoms with Crippen LogP contribution < -0.4 is 15.8 Å². The fourth-order valence-corrected chi connectivity index (χ4v) is 1.22. The molecule has 5 heteroatoms. The summed E-state index contributed by atoms with van der Waals surface area (Å²) >= 11 is 0. The van der Waals surface area contributed by atoms with Crippen LogP contribution in [0.2, 0.25) is 0 Å². The number of hydrogen-bond acceptors (Lipinski definition) is 4. The Balaban J connectivity index is 2.60. The molecule has 0 fully saturated rings. The molecule has 0 aliphatic rings. The van der Waals surface area contributed by atoms with Gasteiger partial charge in [0.2, 0.25) is 11.8 Å². The van der Waals surface area contributed by atoms with Crippen molar-refractivity contribution in [2.24, 2.45) is 11.7 Å². The van der Waals surface area contributed by atoms with Crippen LogP contribution in [0.25, 0.3) is 0 Å². The molecule has 0 aromatic carbocycles. The molecular weight excluding hydrogens is 218 g/mol. The summed E-state index contributed by atoms with van der Waals surface area (Å²) in [5.74, 6) is 0.440. The van der Waals surface area contributed by atoms with Crippen LogP contribution in [0, 0.1) is 5.92 Å². The van der Waals surface area contributed by atoms with E-state index in [1.165, 1.54) is 0 Å². The fourth-order valence-electron chi connectivity index (χ4n) is 1.22. The number of carbonyl (C=O) groups excluding carboxylic acids is 1. The highest BCUT2D eigenvalue weighted by molar-refractivity contribution is 5.94. The normalized spacial score (nSPS) is 12.3. The molecule has 0 aliphatic carbocycles. The van der Waals surface area contributed by atoms with Crippen LogP contribution in [0.4, 0.5) is 5.69 Å². The highest BCUT2D eigenvalue weighted by Crippen LogP contribution is 2.12. The molecule has 0 saturated heterocycles. The molecule has 17 heavy (non-hydrogen) atoms. The number of ether oxygens (including phenoxy) is 1. The molecule has 1 heterocycles. The summed E-state index contributed by atoms with van der Waals surface area (Å²) < 4.78 is 5.20. The van der Waals surface area contributed by atoms with Gasteiger partial charge in [-0.05, 0) is 18.9 Å². The average molecular weight is 237 g/mol. The van der Waals surface area contributed by atoms with Crippen molar-refractivity contribution in [3.05, 3.63) is 18.3 Å². The molecule has 1 atom stereocenters. The van der Waals surface area contributed by atoms with E-state index in [4.69, 9.17) is 10.5 Å². The molecule has 1 aromatic heterocycles. The minimum absolute atomic E-state index is 0.102. The van der Waals surface area contributed by atoms with Gasteiger partial charge in [0.15, 0.2) is 0 Å². The highest BCUT2D eigenvalue weighted by Gasteiger charge is 2.17. The molecule has 0 aliphatic heterocycles. The second-order valence-corrected chi connectivity index (χ2v) is 4.08. The molecule has 0 spiro atoms. The first-order chi connectivity index (χ1) is 8.04. The van der Waals surface area contributed by atoms with Crippen LogP contribution in [-0.4, -0.2) is 23.5 Å². The first kappa shape index (κ1) is 13.4. The van der Waals surface area contributed by atoms with Crippen molar-refractivity contribution in [2.45, 2.75) is 26.8 Å². The first-order valence-electron chi connectivity index (χ1n) is 5.70. The van der Waals surface area contributed by atoms with Gasteiger partial charge in [0.05, 0.1) is 24.5 Å². The van der Waals surface area contributed by atoms with Crippen molar-refractivity contribution in [1.29, 1.82) is 0 Å². The molecule has 1 unspecified atom stereocenters. The molecule has 0 saturated carbocycles. The largest absolute Gasteiger partial charge is 0.478 e. The van der Waals surface area contributed by atoms with E-state index in [1.807, 2.05) is 20.8 Å². The summed E-state index contributed by atoms with van der Waals surface area (Å²) in [6, 6.07) is 2.93. The molecule has 3 N–H and O–H groups in total. The molecule has 1 rings (SSSR count). The first-order valence-corrected chi connectivity index (χ1v) is 5.70. The number of pyridine rings is 1. The number of aromatic nitrogens is 1. The number of nitrogens with zero attached hydrogens (tertiary/aromatic N) is 1. The van der Waals surface area contributed by atoms with Crippen molar-refractivity contribution in [3.8, 4) is 5.88 Å².